The molecule has 0 radical (unpaired) electrons. The van der Waals surface area contributed by atoms with Crippen LogP contribution in [-0.4, -0.2) is 55.0 Å². The Hall–Kier alpha value is -1.30. The van der Waals surface area contributed by atoms with Crippen LogP contribution in [0.4, 0.5) is 4.79 Å². The Balaban J connectivity index is 2.67. The third-order valence-corrected chi connectivity index (χ3v) is 2.53. The van der Waals surface area contributed by atoms with Crippen molar-refractivity contribution in [3.05, 3.63) is 0 Å². The molecule has 1 rings (SSSR count). The average molecular weight is 259 g/mol. The van der Waals surface area contributed by atoms with E-state index in [1.165, 1.54) is 12.0 Å². The fraction of sp³-hybridized carbons (Fsp3) is 0.833. The molecule has 1 fully saturated rings. The number of carbonyl (C=O) groups excluding carboxylic acids is 2. The first-order valence-corrected chi connectivity index (χ1v) is 5.93. The Labute approximate surface area is 107 Å². The molecular formula is C12H21NO5. The fourth-order valence-corrected chi connectivity index (χ4v) is 1.61. The van der Waals surface area contributed by atoms with Crippen molar-refractivity contribution in [2.45, 2.75) is 45.4 Å². The third kappa shape index (κ3) is 3.87. The molecule has 0 spiro atoms. The second kappa shape index (κ2) is 5.56. The van der Waals surface area contributed by atoms with Crippen molar-refractivity contribution in [3.63, 3.8) is 0 Å². The van der Waals surface area contributed by atoms with Crippen LogP contribution in [0.2, 0.25) is 0 Å². The molecule has 6 nitrogen and oxygen atoms in total. The van der Waals surface area contributed by atoms with Gasteiger partial charge >= 0.3 is 12.1 Å². The first-order chi connectivity index (χ1) is 8.24. The second-order valence-electron chi connectivity index (χ2n) is 5.33. The topological polar surface area (TPSA) is 65.1 Å². The standard InChI is InChI=1S/C12H21NO5/c1-8-7-17-9(10(14)16-5)6-13(8)11(15)18-12(2,3)4/h8-9H,6-7H2,1-5H3/t8-,9-/m1/s1. The molecule has 0 aliphatic carbocycles. The van der Waals surface area contributed by atoms with Gasteiger partial charge in [0.15, 0.2) is 6.10 Å². The summed E-state index contributed by atoms with van der Waals surface area (Å²) in [4.78, 5) is 24.9. The number of amides is 1. The average Bonchev–Trinajstić information content (AvgIpc) is 2.26. The molecule has 0 saturated carbocycles. The summed E-state index contributed by atoms with van der Waals surface area (Å²) in [5.74, 6) is -0.476. The highest BCUT2D eigenvalue weighted by molar-refractivity contribution is 5.76. The molecule has 2 atom stereocenters. The second-order valence-corrected chi connectivity index (χ2v) is 5.33. The summed E-state index contributed by atoms with van der Waals surface area (Å²) in [5, 5.41) is 0. The van der Waals surface area contributed by atoms with E-state index >= 15 is 0 Å². The molecule has 18 heavy (non-hydrogen) atoms. The van der Waals surface area contributed by atoms with Crippen molar-refractivity contribution in [1.82, 2.24) is 4.90 Å². The molecule has 0 unspecified atom stereocenters. The molecule has 0 aromatic carbocycles. The number of esters is 1. The summed E-state index contributed by atoms with van der Waals surface area (Å²) in [6, 6.07) is -0.124. The van der Waals surface area contributed by atoms with Crippen LogP contribution in [0.1, 0.15) is 27.7 Å². The van der Waals surface area contributed by atoms with Gasteiger partial charge in [-0.05, 0) is 27.7 Å². The fourth-order valence-electron chi connectivity index (χ4n) is 1.61. The summed E-state index contributed by atoms with van der Waals surface area (Å²) in [6.07, 6.45) is -1.18. The van der Waals surface area contributed by atoms with E-state index in [0.29, 0.717) is 6.61 Å². The molecule has 0 aromatic heterocycles. The van der Waals surface area contributed by atoms with Crippen molar-refractivity contribution in [3.8, 4) is 0 Å². The van der Waals surface area contributed by atoms with Crippen molar-refractivity contribution < 1.29 is 23.8 Å². The van der Waals surface area contributed by atoms with E-state index in [-0.39, 0.29) is 12.6 Å². The maximum atomic E-state index is 12.0. The Morgan fingerprint density at radius 1 is 1.33 bits per heavy atom. The van der Waals surface area contributed by atoms with E-state index in [4.69, 9.17) is 9.47 Å². The summed E-state index contributed by atoms with van der Waals surface area (Å²) in [5.41, 5.74) is -0.560. The van der Waals surface area contributed by atoms with Crippen LogP contribution in [0.15, 0.2) is 0 Å². The number of hydrogen-bond acceptors (Lipinski definition) is 5. The van der Waals surface area contributed by atoms with Crippen molar-refractivity contribution >= 4 is 12.1 Å². The molecule has 6 heteroatoms. The van der Waals surface area contributed by atoms with Crippen LogP contribution in [-0.2, 0) is 19.0 Å². The quantitative estimate of drug-likeness (QED) is 0.662. The number of ether oxygens (including phenoxy) is 3. The van der Waals surface area contributed by atoms with E-state index in [9.17, 15) is 9.59 Å². The minimum absolute atomic E-state index is 0.124. The maximum Gasteiger partial charge on any atom is 0.410 e. The van der Waals surface area contributed by atoms with Gasteiger partial charge in [-0.1, -0.05) is 0 Å². The Bertz CT molecular complexity index is 323. The maximum absolute atomic E-state index is 12.0. The van der Waals surface area contributed by atoms with Gasteiger partial charge in [0.25, 0.3) is 0 Å². The van der Waals surface area contributed by atoms with E-state index in [1.807, 2.05) is 6.92 Å². The normalized spacial score (nSPS) is 24.6. The molecule has 0 aromatic rings. The zero-order valence-electron chi connectivity index (χ0n) is 11.6. The molecule has 1 aliphatic rings. The molecule has 0 bridgehead atoms. The molecule has 104 valence electrons. The van der Waals surface area contributed by atoms with Gasteiger partial charge in [-0.25, -0.2) is 9.59 Å². The highest BCUT2D eigenvalue weighted by atomic mass is 16.6. The Kier molecular flexibility index (Phi) is 4.56. The zero-order chi connectivity index (χ0) is 13.9. The summed E-state index contributed by atoms with van der Waals surface area (Å²) in [7, 11) is 1.29. The van der Waals surface area contributed by atoms with E-state index in [1.54, 1.807) is 20.8 Å². The van der Waals surface area contributed by atoms with Crippen LogP contribution in [0.3, 0.4) is 0 Å². The minimum Gasteiger partial charge on any atom is -0.467 e. The van der Waals surface area contributed by atoms with Crippen molar-refractivity contribution in [2.24, 2.45) is 0 Å². The number of rotatable bonds is 1. The molecular weight excluding hydrogens is 238 g/mol. The van der Waals surface area contributed by atoms with Crippen LogP contribution in [0.25, 0.3) is 0 Å². The lowest BCUT2D eigenvalue weighted by Gasteiger charge is -2.37. The van der Waals surface area contributed by atoms with Gasteiger partial charge in [0.1, 0.15) is 5.60 Å². The van der Waals surface area contributed by atoms with Gasteiger partial charge in [0.2, 0.25) is 0 Å². The van der Waals surface area contributed by atoms with Gasteiger partial charge in [0, 0.05) is 0 Å². The van der Waals surface area contributed by atoms with E-state index in [2.05, 4.69) is 4.74 Å². The van der Waals surface area contributed by atoms with Gasteiger partial charge in [0.05, 0.1) is 26.3 Å². The molecule has 0 N–H and O–H groups in total. The summed E-state index contributed by atoms with van der Waals surface area (Å²) in [6.45, 7) is 7.69. The third-order valence-electron chi connectivity index (χ3n) is 2.53. The number of carbonyl (C=O) groups is 2. The first-order valence-electron chi connectivity index (χ1n) is 5.93. The molecule has 1 amide bonds. The van der Waals surface area contributed by atoms with Gasteiger partial charge in [-0.15, -0.1) is 0 Å². The van der Waals surface area contributed by atoms with Crippen molar-refractivity contribution in [1.29, 1.82) is 0 Å². The number of morpholine rings is 1. The summed E-state index contributed by atoms with van der Waals surface area (Å²) < 4.78 is 15.2. The number of nitrogens with zero attached hydrogens (tertiary/aromatic N) is 1. The molecule has 1 saturated heterocycles. The molecule has 1 aliphatic heterocycles. The van der Waals surface area contributed by atoms with Gasteiger partial charge in [-0.3, -0.25) is 4.90 Å². The predicted octanol–water partition coefficient (Wildman–Crippen LogP) is 1.18. The lowest BCUT2D eigenvalue weighted by molar-refractivity contribution is -0.161. The zero-order valence-corrected chi connectivity index (χ0v) is 11.6. The van der Waals surface area contributed by atoms with Gasteiger partial charge < -0.3 is 14.2 Å². The lowest BCUT2D eigenvalue weighted by atomic mass is 10.2. The Morgan fingerprint density at radius 2 is 1.94 bits per heavy atom. The summed E-state index contributed by atoms with van der Waals surface area (Å²) >= 11 is 0. The van der Waals surface area contributed by atoms with Crippen LogP contribution in [0.5, 0.6) is 0 Å². The van der Waals surface area contributed by atoms with Crippen LogP contribution < -0.4 is 0 Å². The highest BCUT2D eigenvalue weighted by Gasteiger charge is 2.36. The monoisotopic (exact) mass is 259 g/mol. The van der Waals surface area contributed by atoms with Crippen LogP contribution >= 0.6 is 0 Å². The largest absolute Gasteiger partial charge is 0.467 e. The predicted molar refractivity (Wildman–Crippen MR) is 64.2 cm³/mol. The van der Waals surface area contributed by atoms with Crippen LogP contribution in [0, 0.1) is 0 Å². The van der Waals surface area contributed by atoms with Gasteiger partial charge in [-0.2, -0.15) is 0 Å². The lowest BCUT2D eigenvalue weighted by Crippen LogP contribution is -2.54. The molecule has 1 heterocycles. The smallest absolute Gasteiger partial charge is 0.410 e. The minimum atomic E-state index is -0.737. The van der Waals surface area contributed by atoms with Crippen molar-refractivity contribution in [2.75, 3.05) is 20.3 Å². The highest BCUT2D eigenvalue weighted by Crippen LogP contribution is 2.17. The Morgan fingerprint density at radius 3 is 2.44 bits per heavy atom. The SMILES string of the molecule is COC(=O)[C@H]1CN(C(=O)OC(C)(C)C)[C@H](C)CO1. The first kappa shape index (κ1) is 14.8. The van der Waals surface area contributed by atoms with E-state index < -0.39 is 23.8 Å². The van der Waals surface area contributed by atoms with E-state index in [0.717, 1.165) is 0 Å². The number of hydrogen-bond donors (Lipinski definition) is 0. The number of methoxy groups -OCH3 is 1.